The number of carbonyl (C=O) groups is 1. The number of aryl methyl sites for hydroxylation is 1. The molecule has 128 valence electrons. The maximum Gasteiger partial charge on any atom is 0.274 e. The molecule has 0 radical (unpaired) electrons. The number of amides is 1. The van der Waals surface area contributed by atoms with Crippen molar-refractivity contribution in [1.82, 2.24) is 14.7 Å². The minimum Gasteiger partial charge on any atom is -0.394 e. The first-order valence-corrected chi connectivity index (χ1v) is 7.85. The van der Waals surface area contributed by atoms with Gasteiger partial charge in [-0.2, -0.15) is 5.10 Å². The van der Waals surface area contributed by atoms with E-state index in [1.807, 2.05) is 13.8 Å². The lowest BCUT2D eigenvalue weighted by atomic mass is 10.2. The Morgan fingerprint density at radius 1 is 1.46 bits per heavy atom. The van der Waals surface area contributed by atoms with Gasteiger partial charge in [-0.3, -0.25) is 4.79 Å². The van der Waals surface area contributed by atoms with Crippen LogP contribution in [0.15, 0.2) is 30.3 Å². The summed E-state index contributed by atoms with van der Waals surface area (Å²) < 4.78 is 20.4. The van der Waals surface area contributed by atoms with Gasteiger partial charge in [-0.1, -0.05) is 6.07 Å². The number of aromatic nitrogens is 2. The number of carbonyl (C=O) groups excluding carboxylic acids is 1. The summed E-state index contributed by atoms with van der Waals surface area (Å²) in [7, 11) is 0. The van der Waals surface area contributed by atoms with Gasteiger partial charge in [0.15, 0.2) is 5.69 Å². The quantitative estimate of drug-likeness (QED) is 0.925. The molecule has 24 heavy (non-hydrogen) atoms. The molecule has 0 bridgehead atoms. The number of aliphatic hydroxyl groups excluding tert-OH is 1. The van der Waals surface area contributed by atoms with Crippen molar-refractivity contribution in [3.05, 3.63) is 47.5 Å². The van der Waals surface area contributed by atoms with E-state index in [1.54, 1.807) is 27.8 Å². The number of halogens is 1. The molecule has 1 N–H and O–H groups in total. The van der Waals surface area contributed by atoms with Crippen LogP contribution in [0.5, 0.6) is 0 Å². The van der Waals surface area contributed by atoms with Gasteiger partial charge in [0, 0.05) is 12.2 Å². The Morgan fingerprint density at radius 3 is 2.96 bits per heavy atom. The van der Waals surface area contributed by atoms with Gasteiger partial charge in [0.25, 0.3) is 5.91 Å². The first kappa shape index (κ1) is 16.6. The zero-order valence-corrected chi connectivity index (χ0v) is 13.6. The highest BCUT2D eigenvalue weighted by atomic mass is 19.1. The fourth-order valence-corrected chi connectivity index (χ4v) is 2.81. The van der Waals surface area contributed by atoms with Crippen LogP contribution in [-0.2, 0) is 4.74 Å². The summed E-state index contributed by atoms with van der Waals surface area (Å²) in [4.78, 5) is 14.4. The SMILES string of the molecule is Cc1cc(C(=O)N2CC(CO)OCC2C)nn1-c1cccc(F)c1. The van der Waals surface area contributed by atoms with Crippen LogP contribution in [0.4, 0.5) is 4.39 Å². The van der Waals surface area contributed by atoms with Gasteiger partial charge < -0.3 is 14.7 Å². The Morgan fingerprint density at radius 2 is 2.25 bits per heavy atom. The topological polar surface area (TPSA) is 67.6 Å². The van der Waals surface area contributed by atoms with Crippen molar-refractivity contribution in [3.8, 4) is 5.69 Å². The highest BCUT2D eigenvalue weighted by Gasteiger charge is 2.31. The molecule has 1 amide bonds. The zero-order valence-electron chi connectivity index (χ0n) is 13.6. The molecule has 1 aliphatic rings. The molecule has 2 atom stereocenters. The van der Waals surface area contributed by atoms with E-state index in [0.29, 0.717) is 24.5 Å². The van der Waals surface area contributed by atoms with Crippen LogP contribution in [0, 0.1) is 12.7 Å². The number of benzene rings is 1. The molecule has 1 fully saturated rings. The Balaban J connectivity index is 1.87. The van der Waals surface area contributed by atoms with Gasteiger partial charge in [-0.25, -0.2) is 9.07 Å². The monoisotopic (exact) mass is 333 g/mol. The third-order valence-electron chi connectivity index (χ3n) is 4.13. The molecule has 2 aromatic rings. The highest BCUT2D eigenvalue weighted by molar-refractivity contribution is 5.92. The third-order valence-corrected chi connectivity index (χ3v) is 4.13. The average molecular weight is 333 g/mol. The molecular weight excluding hydrogens is 313 g/mol. The van der Waals surface area contributed by atoms with E-state index in [4.69, 9.17) is 4.74 Å². The molecule has 0 spiro atoms. The van der Waals surface area contributed by atoms with Gasteiger partial charge in [-0.15, -0.1) is 0 Å². The molecule has 1 aromatic heterocycles. The number of hydrogen-bond donors (Lipinski definition) is 1. The Hall–Kier alpha value is -2.25. The van der Waals surface area contributed by atoms with Gasteiger partial charge in [0.2, 0.25) is 0 Å². The smallest absolute Gasteiger partial charge is 0.274 e. The predicted octanol–water partition coefficient (Wildman–Crippen LogP) is 1.54. The summed E-state index contributed by atoms with van der Waals surface area (Å²) in [6.45, 7) is 4.27. The van der Waals surface area contributed by atoms with E-state index in [0.717, 1.165) is 5.69 Å². The largest absolute Gasteiger partial charge is 0.394 e. The lowest BCUT2D eigenvalue weighted by molar-refractivity contribution is -0.0668. The van der Waals surface area contributed by atoms with Crippen LogP contribution < -0.4 is 0 Å². The Labute approximate surface area is 139 Å². The first-order chi connectivity index (χ1) is 11.5. The van der Waals surface area contributed by atoms with Crippen molar-refractivity contribution in [2.24, 2.45) is 0 Å². The first-order valence-electron chi connectivity index (χ1n) is 7.85. The Bertz CT molecular complexity index is 746. The van der Waals surface area contributed by atoms with Crippen molar-refractivity contribution in [1.29, 1.82) is 0 Å². The van der Waals surface area contributed by atoms with E-state index in [9.17, 15) is 14.3 Å². The summed E-state index contributed by atoms with van der Waals surface area (Å²) in [5, 5.41) is 13.6. The van der Waals surface area contributed by atoms with Crippen LogP contribution in [0.3, 0.4) is 0 Å². The molecule has 3 rings (SSSR count). The van der Waals surface area contributed by atoms with Crippen molar-refractivity contribution in [3.63, 3.8) is 0 Å². The van der Waals surface area contributed by atoms with Crippen LogP contribution >= 0.6 is 0 Å². The van der Waals surface area contributed by atoms with E-state index in [2.05, 4.69) is 5.10 Å². The number of aliphatic hydroxyl groups is 1. The zero-order chi connectivity index (χ0) is 17.3. The van der Waals surface area contributed by atoms with E-state index < -0.39 is 0 Å². The van der Waals surface area contributed by atoms with Crippen LogP contribution in [-0.4, -0.2) is 57.6 Å². The van der Waals surface area contributed by atoms with Crippen molar-refractivity contribution in [2.75, 3.05) is 19.8 Å². The molecule has 2 heterocycles. The predicted molar refractivity (Wildman–Crippen MR) is 85.6 cm³/mol. The highest BCUT2D eigenvalue weighted by Crippen LogP contribution is 2.18. The summed E-state index contributed by atoms with van der Waals surface area (Å²) >= 11 is 0. The van der Waals surface area contributed by atoms with E-state index in [1.165, 1.54) is 12.1 Å². The lowest BCUT2D eigenvalue weighted by Crippen LogP contribution is -2.52. The molecule has 0 aliphatic carbocycles. The number of rotatable bonds is 3. The van der Waals surface area contributed by atoms with Gasteiger partial charge >= 0.3 is 0 Å². The normalized spacial score (nSPS) is 21.1. The van der Waals surface area contributed by atoms with Gasteiger partial charge in [0.05, 0.1) is 31.0 Å². The second-order valence-electron chi connectivity index (χ2n) is 6.01. The van der Waals surface area contributed by atoms with Crippen LogP contribution in [0.25, 0.3) is 5.69 Å². The summed E-state index contributed by atoms with van der Waals surface area (Å²) in [6, 6.07) is 7.65. The number of nitrogens with zero attached hydrogens (tertiary/aromatic N) is 3. The van der Waals surface area contributed by atoms with Crippen molar-refractivity contribution >= 4 is 5.91 Å². The maximum absolute atomic E-state index is 13.4. The van der Waals surface area contributed by atoms with Gasteiger partial charge in [0.1, 0.15) is 5.82 Å². The molecule has 1 aromatic carbocycles. The Kier molecular flexibility index (Phi) is 4.64. The fourth-order valence-electron chi connectivity index (χ4n) is 2.81. The maximum atomic E-state index is 13.4. The summed E-state index contributed by atoms with van der Waals surface area (Å²) in [6.07, 6.45) is -0.378. The molecule has 0 saturated carbocycles. The molecular formula is C17H20FN3O3. The van der Waals surface area contributed by atoms with Crippen molar-refractivity contribution in [2.45, 2.75) is 26.0 Å². The molecule has 6 nitrogen and oxygen atoms in total. The molecule has 7 heteroatoms. The molecule has 1 aliphatic heterocycles. The number of hydrogen-bond acceptors (Lipinski definition) is 4. The average Bonchev–Trinajstić information content (AvgIpc) is 2.96. The third kappa shape index (κ3) is 3.18. The lowest BCUT2D eigenvalue weighted by Gasteiger charge is -2.37. The van der Waals surface area contributed by atoms with Crippen LogP contribution in [0.1, 0.15) is 23.1 Å². The number of ether oxygens (including phenoxy) is 1. The minimum atomic E-state index is -0.378. The molecule has 2 unspecified atom stereocenters. The fraction of sp³-hybridized carbons (Fsp3) is 0.412. The van der Waals surface area contributed by atoms with Gasteiger partial charge in [-0.05, 0) is 38.1 Å². The second-order valence-corrected chi connectivity index (χ2v) is 6.01. The minimum absolute atomic E-state index is 0.0973. The van der Waals surface area contributed by atoms with E-state index >= 15 is 0 Å². The number of morpholine rings is 1. The standard InChI is InChI=1S/C17H20FN3O3/c1-11-6-16(19-21(11)14-5-3-4-13(18)7-14)17(23)20-8-15(9-22)24-10-12(20)2/h3-7,12,15,22H,8-10H2,1-2H3. The molecule has 1 saturated heterocycles. The second kappa shape index (κ2) is 6.70. The summed E-state index contributed by atoms with van der Waals surface area (Å²) in [5.41, 5.74) is 1.60. The van der Waals surface area contributed by atoms with Crippen molar-refractivity contribution < 1.29 is 19.0 Å². The van der Waals surface area contributed by atoms with Crippen LogP contribution in [0.2, 0.25) is 0 Å². The van der Waals surface area contributed by atoms with E-state index in [-0.39, 0.29) is 30.5 Å². The summed E-state index contributed by atoms with van der Waals surface area (Å²) in [5.74, 6) is -0.578.